The van der Waals surface area contributed by atoms with E-state index in [1.54, 1.807) is 26.0 Å². The average molecular weight is 416 g/mol. The largest absolute Gasteiger partial charge is 0.356 e. The molecule has 0 spiro atoms. The summed E-state index contributed by atoms with van der Waals surface area (Å²) in [4.78, 5) is 19.8. The molecule has 1 N–H and O–H groups in total. The summed E-state index contributed by atoms with van der Waals surface area (Å²) in [6.07, 6.45) is 1.52. The Morgan fingerprint density at radius 2 is 2.00 bits per heavy atom. The van der Waals surface area contributed by atoms with E-state index in [0.29, 0.717) is 13.0 Å². The van der Waals surface area contributed by atoms with Gasteiger partial charge >= 0.3 is 0 Å². The van der Waals surface area contributed by atoms with E-state index in [9.17, 15) is 4.79 Å². The molecule has 0 radical (unpaired) electrons. The molecule has 1 aliphatic heterocycles. The Morgan fingerprint density at radius 3 is 2.64 bits per heavy atom. The molecule has 0 aliphatic carbocycles. The average Bonchev–Trinajstić information content (AvgIpc) is 2.50. The second-order valence-corrected chi connectivity index (χ2v) is 5.45. The maximum atomic E-state index is 11.6. The van der Waals surface area contributed by atoms with Gasteiger partial charge in [-0.15, -0.1) is 24.0 Å². The highest BCUT2D eigenvalue weighted by Crippen LogP contribution is 2.18. The van der Waals surface area contributed by atoms with Crippen molar-refractivity contribution in [2.75, 3.05) is 34.2 Å². The van der Waals surface area contributed by atoms with Gasteiger partial charge in [0.15, 0.2) is 5.96 Å². The Hall–Kier alpha value is -1.31. The Bertz CT molecular complexity index is 531. The molecule has 1 amide bonds. The van der Waals surface area contributed by atoms with Crippen LogP contribution >= 0.6 is 24.0 Å². The molecular formula is C16H25IN4O. The molecular weight excluding hydrogens is 391 g/mol. The number of hydrogen-bond donors (Lipinski definition) is 1. The van der Waals surface area contributed by atoms with E-state index in [4.69, 9.17) is 0 Å². The van der Waals surface area contributed by atoms with Crippen LogP contribution in [0.5, 0.6) is 0 Å². The molecule has 5 nitrogen and oxygen atoms in total. The number of guanidine groups is 1. The number of benzene rings is 1. The van der Waals surface area contributed by atoms with E-state index in [-0.39, 0.29) is 29.9 Å². The molecule has 2 rings (SSSR count). The van der Waals surface area contributed by atoms with Gasteiger partial charge in [-0.25, -0.2) is 0 Å². The van der Waals surface area contributed by atoms with Crippen molar-refractivity contribution in [2.24, 2.45) is 4.99 Å². The molecule has 1 aliphatic rings. The van der Waals surface area contributed by atoms with Crippen molar-refractivity contribution in [3.63, 3.8) is 0 Å². The van der Waals surface area contributed by atoms with Crippen LogP contribution in [0.4, 0.5) is 0 Å². The number of amides is 1. The van der Waals surface area contributed by atoms with Crippen molar-refractivity contribution in [1.82, 2.24) is 15.1 Å². The molecule has 0 saturated heterocycles. The highest BCUT2D eigenvalue weighted by atomic mass is 127. The first-order valence-corrected chi connectivity index (χ1v) is 7.34. The molecule has 0 atom stereocenters. The van der Waals surface area contributed by atoms with Gasteiger partial charge in [0.25, 0.3) is 0 Å². The van der Waals surface area contributed by atoms with Gasteiger partial charge in [-0.2, -0.15) is 0 Å². The summed E-state index contributed by atoms with van der Waals surface area (Å²) in [7, 11) is 5.34. The quantitative estimate of drug-likeness (QED) is 0.464. The van der Waals surface area contributed by atoms with Crippen molar-refractivity contribution in [1.29, 1.82) is 0 Å². The summed E-state index contributed by atoms with van der Waals surface area (Å²) in [5, 5.41) is 3.28. The van der Waals surface area contributed by atoms with Crippen LogP contribution in [0, 0.1) is 0 Å². The molecule has 0 bridgehead atoms. The summed E-state index contributed by atoms with van der Waals surface area (Å²) < 4.78 is 0. The molecule has 1 heterocycles. The standard InChI is InChI=1S/C16H24N4O.HI/c1-17-16(18-10-8-15(21)19(2)3)20-11-9-13-6-4-5-7-14(13)12-20;/h4-7H,8-12H2,1-3H3,(H,17,18);1H. The van der Waals surface area contributed by atoms with Gasteiger partial charge in [-0.05, 0) is 17.5 Å². The smallest absolute Gasteiger partial charge is 0.223 e. The lowest BCUT2D eigenvalue weighted by Gasteiger charge is -2.31. The monoisotopic (exact) mass is 416 g/mol. The number of nitrogens with zero attached hydrogens (tertiary/aromatic N) is 3. The number of carbonyl (C=O) groups excluding carboxylic acids is 1. The van der Waals surface area contributed by atoms with Crippen LogP contribution in [0.2, 0.25) is 0 Å². The van der Waals surface area contributed by atoms with Crippen molar-refractivity contribution in [3.05, 3.63) is 35.4 Å². The summed E-state index contributed by atoms with van der Waals surface area (Å²) in [6, 6.07) is 8.53. The first-order valence-electron chi connectivity index (χ1n) is 7.34. The number of nitrogens with one attached hydrogen (secondary N) is 1. The van der Waals surface area contributed by atoms with Crippen LogP contribution in [0.15, 0.2) is 29.3 Å². The third kappa shape index (κ3) is 4.86. The minimum absolute atomic E-state index is 0. The molecule has 0 aromatic heterocycles. The van der Waals surface area contributed by atoms with Crippen LogP contribution < -0.4 is 5.32 Å². The molecule has 0 fully saturated rings. The van der Waals surface area contributed by atoms with Gasteiger partial charge in [-0.3, -0.25) is 9.79 Å². The normalized spacial score (nSPS) is 14.0. The number of carbonyl (C=O) groups is 1. The Labute approximate surface area is 149 Å². The lowest BCUT2D eigenvalue weighted by molar-refractivity contribution is -0.128. The van der Waals surface area contributed by atoms with Gasteiger partial charge in [0, 0.05) is 47.2 Å². The predicted molar refractivity (Wildman–Crippen MR) is 101 cm³/mol. The van der Waals surface area contributed by atoms with Crippen LogP contribution in [0.25, 0.3) is 0 Å². The number of rotatable bonds is 3. The zero-order valence-corrected chi connectivity index (χ0v) is 15.8. The zero-order chi connectivity index (χ0) is 15.2. The van der Waals surface area contributed by atoms with Gasteiger partial charge in [0.1, 0.15) is 0 Å². The van der Waals surface area contributed by atoms with Crippen LogP contribution in [0.1, 0.15) is 17.5 Å². The molecule has 122 valence electrons. The van der Waals surface area contributed by atoms with Crippen LogP contribution in [-0.2, 0) is 17.8 Å². The van der Waals surface area contributed by atoms with Crippen LogP contribution in [0.3, 0.4) is 0 Å². The molecule has 22 heavy (non-hydrogen) atoms. The van der Waals surface area contributed by atoms with E-state index in [1.165, 1.54) is 11.1 Å². The van der Waals surface area contributed by atoms with Crippen LogP contribution in [-0.4, -0.2) is 55.9 Å². The van der Waals surface area contributed by atoms with Gasteiger partial charge in [-0.1, -0.05) is 24.3 Å². The Balaban J connectivity index is 0.00000242. The highest BCUT2D eigenvalue weighted by molar-refractivity contribution is 14.0. The molecule has 0 unspecified atom stereocenters. The minimum Gasteiger partial charge on any atom is -0.356 e. The molecule has 0 saturated carbocycles. The van der Waals surface area contributed by atoms with E-state index < -0.39 is 0 Å². The summed E-state index contributed by atoms with van der Waals surface area (Å²) in [6.45, 7) is 2.44. The Morgan fingerprint density at radius 1 is 1.32 bits per heavy atom. The third-order valence-electron chi connectivity index (χ3n) is 3.76. The van der Waals surface area contributed by atoms with Crippen molar-refractivity contribution in [2.45, 2.75) is 19.4 Å². The van der Waals surface area contributed by atoms with E-state index in [1.807, 2.05) is 0 Å². The number of aliphatic imine (C=N–C) groups is 1. The maximum absolute atomic E-state index is 11.6. The first-order chi connectivity index (χ1) is 10.1. The summed E-state index contributed by atoms with van der Waals surface area (Å²) in [5.74, 6) is 0.998. The molecule has 6 heteroatoms. The van der Waals surface area contributed by atoms with Gasteiger partial charge < -0.3 is 15.1 Å². The maximum Gasteiger partial charge on any atom is 0.223 e. The fourth-order valence-corrected chi connectivity index (χ4v) is 2.51. The third-order valence-corrected chi connectivity index (χ3v) is 3.76. The van der Waals surface area contributed by atoms with E-state index in [2.05, 4.69) is 39.5 Å². The first kappa shape index (κ1) is 18.7. The summed E-state index contributed by atoms with van der Waals surface area (Å²) in [5.41, 5.74) is 2.78. The van der Waals surface area contributed by atoms with Crippen molar-refractivity contribution < 1.29 is 4.79 Å². The topological polar surface area (TPSA) is 47.9 Å². The predicted octanol–water partition coefficient (Wildman–Crippen LogP) is 1.72. The van der Waals surface area contributed by atoms with Crippen molar-refractivity contribution in [3.8, 4) is 0 Å². The number of fused-ring (bicyclic) bond motifs is 1. The summed E-state index contributed by atoms with van der Waals surface area (Å²) >= 11 is 0. The second kappa shape index (κ2) is 8.97. The lowest BCUT2D eigenvalue weighted by Crippen LogP contribution is -2.44. The zero-order valence-electron chi connectivity index (χ0n) is 13.5. The number of halogens is 1. The lowest BCUT2D eigenvalue weighted by atomic mass is 10.0. The highest BCUT2D eigenvalue weighted by Gasteiger charge is 2.18. The van der Waals surface area contributed by atoms with Gasteiger partial charge in [0.2, 0.25) is 5.91 Å². The fourth-order valence-electron chi connectivity index (χ4n) is 2.51. The van der Waals surface area contributed by atoms with Gasteiger partial charge in [0.05, 0.1) is 0 Å². The van der Waals surface area contributed by atoms with E-state index in [0.717, 1.165) is 25.5 Å². The molecule has 1 aromatic carbocycles. The fraction of sp³-hybridized carbons (Fsp3) is 0.500. The molecule has 1 aromatic rings. The van der Waals surface area contributed by atoms with E-state index >= 15 is 0 Å². The second-order valence-electron chi connectivity index (χ2n) is 5.45. The number of hydrogen-bond acceptors (Lipinski definition) is 2. The Kier molecular flexibility index (Phi) is 7.64. The van der Waals surface area contributed by atoms with Crippen molar-refractivity contribution >= 4 is 35.8 Å². The minimum atomic E-state index is 0. The SMILES string of the molecule is CN=C(NCCC(=O)N(C)C)N1CCc2ccccc2C1.I.